The minimum Gasteiger partial charge on any atom is -0.496 e. The number of likely N-dealkylation sites (tertiary alicyclic amines) is 1. The third-order valence-corrected chi connectivity index (χ3v) is 6.33. The van der Waals surface area contributed by atoms with Gasteiger partial charge in [0.2, 0.25) is 5.91 Å². The van der Waals surface area contributed by atoms with Gasteiger partial charge in [-0.05, 0) is 49.8 Å². The monoisotopic (exact) mass is 405 g/mol. The van der Waals surface area contributed by atoms with Crippen molar-refractivity contribution in [2.45, 2.75) is 31.7 Å². The van der Waals surface area contributed by atoms with Gasteiger partial charge in [0.05, 0.1) is 18.7 Å². The van der Waals surface area contributed by atoms with Crippen LogP contribution in [0.5, 0.6) is 5.75 Å². The number of benzene rings is 1. The molecule has 1 aliphatic carbocycles. The molecule has 0 aromatic heterocycles. The molecule has 1 atom stereocenters. The van der Waals surface area contributed by atoms with Crippen molar-refractivity contribution in [2.75, 3.05) is 46.4 Å². The van der Waals surface area contributed by atoms with Crippen molar-refractivity contribution in [1.29, 1.82) is 0 Å². The summed E-state index contributed by atoms with van der Waals surface area (Å²) in [7, 11) is 1.55. The van der Waals surface area contributed by atoms with Gasteiger partial charge in [-0.1, -0.05) is 11.6 Å². The molecule has 28 heavy (non-hydrogen) atoms. The number of carbonyl (C=O) groups excluding carboxylic acids is 2. The van der Waals surface area contributed by atoms with Crippen molar-refractivity contribution in [3.05, 3.63) is 28.8 Å². The number of amides is 2. The highest BCUT2D eigenvalue weighted by atomic mass is 35.5. The lowest BCUT2D eigenvalue weighted by Crippen LogP contribution is -2.44. The molecule has 0 unspecified atom stereocenters. The zero-order chi connectivity index (χ0) is 19.7. The van der Waals surface area contributed by atoms with E-state index in [9.17, 15) is 9.59 Å². The maximum absolute atomic E-state index is 13.0. The van der Waals surface area contributed by atoms with Crippen molar-refractivity contribution in [3.8, 4) is 5.75 Å². The Morgan fingerprint density at radius 1 is 1.14 bits per heavy atom. The zero-order valence-electron chi connectivity index (χ0n) is 16.4. The van der Waals surface area contributed by atoms with Gasteiger partial charge in [0.25, 0.3) is 5.91 Å². The number of hydrogen-bond donors (Lipinski definition) is 0. The number of hydrogen-bond acceptors (Lipinski definition) is 4. The molecule has 2 heterocycles. The summed E-state index contributed by atoms with van der Waals surface area (Å²) in [6, 6.07) is 5.10. The first-order valence-corrected chi connectivity index (χ1v) is 10.6. The summed E-state index contributed by atoms with van der Waals surface area (Å²) in [5.41, 5.74) is 0.535. The van der Waals surface area contributed by atoms with Crippen LogP contribution in [0, 0.1) is 5.92 Å². The molecule has 0 spiro atoms. The Hall–Kier alpha value is -1.79. The van der Waals surface area contributed by atoms with E-state index in [1.807, 2.05) is 4.90 Å². The van der Waals surface area contributed by atoms with Crippen LogP contribution in [0.4, 0.5) is 0 Å². The molecule has 152 valence electrons. The highest BCUT2D eigenvalue weighted by Gasteiger charge is 2.39. The van der Waals surface area contributed by atoms with Gasteiger partial charge in [0.15, 0.2) is 0 Å². The molecule has 1 aromatic carbocycles. The largest absolute Gasteiger partial charge is 0.496 e. The van der Waals surface area contributed by atoms with Gasteiger partial charge in [-0.3, -0.25) is 14.5 Å². The van der Waals surface area contributed by atoms with E-state index in [4.69, 9.17) is 16.3 Å². The summed E-state index contributed by atoms with van der Waals surface area (Å²) < 4.78 is 5.34. The number of nitrogens with zero attached hydrogens (tertiary/aromatic N) is 3. The van der Waals surface area contributed by atoms with E-state index in [-0.39, 0.29) is 17.9 Å². The predicted molar refractivity (Wildman–Crippen MR) is 108 cm³/mol. The summed E-state index contributed by atoms with van der Waals surface area (Å²) in [6.07, 6.45) is 4.31. The molecule has 2 aliphatic heterocycles. The van der Waals surface area contributed by atoms with Gasteiger partial charge in [-0.2, -0.15) is 0 Å². The second-order valence-corrected chi connectivity index (χ2v) is 8.49. The Morgan fingerprint density at radius 2 is 1.96 bits per heavy atom. The fourth-order valence-electron chi connectivity index (χ4n) is 4.32. The van der Waals surface area contributed by atoms with E-state index in [2.05, 4.69) is 9.80 Å². The number of methoxy groups -OCH3 is 1. The van der Waals surface area contributed by atoms with E-state index >= 15 is 0 Å². The number of ether oxygens (including phenoxy) is 1. The lowest BCUT2D eigenvalue weighted by Gasteiger charge is -2.27. The second-order valence-electron chi connectivity index (χ2n) is 8.06. The maximum atomic E-state index is 13.0. The quantitative estimate of drug-likeness (QED) is 0.755. The number of rotatable bonds is 5. The third-order valence-electron chi connectivity index (χ3n) is 6.10. The van der Waals surface area contributed by atoms with Crippen molar-refractivity contribution in [1.82, 2.24) is 14.7 Å². The molecular weight excluding hydrogens is 378 g/mol. The first-order valence-electron chi connectivity index (χ1n) is 10.2. The van der Waals surface area contributed by atoms with E-state index in [1.54, 1.807) is 25.3 Å². The van der Waals surface area contributed by atoms with E-state index in [1.165, 1.54) is 12.8 Å². The summed E-state index contributed by atoms with van der Waals surface area (Å²) in [5, 5.41) is 0.547. The van der Waals surface area contributed by atoms with Crippen molar-refractivity contribution < 1.29 is 14.3 Å². The van der Waals surface area contributed by atoms with Gasteiger partial charge in [-0.15, -0.1) is 0 Å². The van der Waals surface area contributed by atoms with Crippen LogP contribution in [0.25, 0.3) is 0 Å². The molecule has 7 heteroatoms. The highest BCUT2D eigenvalue weighted by molar-refractivity contribution is 6.30. The van der Waals surface area contributed by atoms with Crippen LogP contribution >= 0.6 is 11.6 Å². The molecule has 2 saturated heterocycles. The Bertz CT molecular complexity index is 752. The van der Waals surface area contributed by atoms with E-state index in [0.29, 0.717) is 29.4 Å². The third kappa shape index (κ3) is 4.13. The Labute approximate surface area is 171 Å². The van der Waals surface area contributed by atoms with Crippen molar-refractivity contribution in [3.63, 3.8) is 0 Å². The summed E-state index contributed by atoms with van der Waals surface area (Å²) in [5.74, 6) is 1.48. The Morgan fingerprint density at radius 3 is 2.71 bits per heavy atom. The Balaban J connectivity index is 1.38. The van der Waals surface area contributed by atoms with Crippen LogP contribution in [0.3, 0.4) is 0 Å². The molecule has 2 amide bonds. The lowest BCUT2D eigenvalue weighted by molar-refractivity contribution is -0.132. The van der Waals surface area contributed by atoms with Gasteiger partial charge in [0, 0.05) is 44.3 Å². The SMILES string of the molecule is COc1cc(Cl)ccc1C(=O)N1CCCN([C@@H]2CCN(CC3CC3)C2=O)CC1. The van der Waals surface area contributed by atoms with Gasteiger partial charge >= 0.3 is 0 Å². The predicted octanol–water partition coefficient (Wildman–Crippen LogP) is 2.51. The van der Waals surface area contributed by atoms with Gasteiger partial charge < -0.3 is 14.5 Å². The minimum absolute atomic E-state index is 0.0149. The first-order chi connectivity index (χ1) is 13.6. The van der Waals surface area contributed by atoms with Crippen molar-refractivity contribution >= 4 is 23.4 Å². The molecule has 0 bridgehead atoms. The van der Waals surface area contributed by atoms with E-state index < -0.39 is 0 Å². The maximum Gasteiger partial charge on any atom is 0.257 e. The van der Waals surface area contributed by atoms with Gasteiger partial charge in [-0.25, -0.2) is 0 Å². The molecule has 4 rings (SSSR count). The van der Waals surface area contributed by atoms with Crippen LogP contribution in [0.2, 0.25) is 5.02 Å². The van der Waals surface area contributed by atoms with Crippen LogP contribution in [-0.2, 0) is 4.79 Å². The van der Waals surface area contributed by atoms with Crippen LogP contribution in [0.15, 0.2) is 18.2 Å². The van der Waals surface area contributed by atoms with Crippen LogP contribution in [0.1, 0.15) is 36.0 Å². The molecule has 6 nitrogen and oxygen atoms in total. The lowest BCUT2D eigenvalue weighted by atomic mass is 10.1. The number of halogens is 1. The summed E-state index contributed by atoms with van der Waals surface area (Å²) in [4.78, 5) is 32.0. The van der Waals surface area contributed by atoms with Crippen LogP contribution < -0.4 is 4.74 Å². The first kappa shape index (κ1) is 19.5. The normalized spacial score (nSPS) is 23.8. The molecule has 0 radical (unpaired) electrons. The number of carbonyl (C=O) groups is 2. The molecule has 3 aliphatic rings. The highest BCUT2D eigenvalue weighted by Crippen LogP contribution is 2.32. The molecular formula is C21H28ClN3O3. The van der Waals surface area contributed by atoms with Gasteiger partial charge in [0.1, 0.15) is 5.75 Å². The smallest absolute Gasteiger partial charge is 0.257 e. The standard InChI is InChI=1S/C21H28ClN3O3/c1-28-19-13-16(22)5-6-17(19)20(26)24-9-2-8-23(11-12-24)18-7-10-25(21(18)27)14-15-3-4-15/h5-6,13,15,18H,2-4,7-12,14H2,1H3/t18-/m1/s1. The van der Waals surface area contributed by atoms with Crippen LogP contribution in [-0.4, -0.2) is 78.9 Å². The fraction of sp³-hybridized carbons (Fsp3) is 0.619. The molecule has 1 saturated carbocycles. The summed E-state index contributed by atoms with van der Waals surface area (Å²) in [6.45, 7) is 4.71. The average Bonchev–Trinajstić information content (AvgIpc) is 3.48. The Kier molecular flexibility index (Phi) is 5.78. The second kappa shape index (κ2) is 8.29. The van der Waals surface area contributed by atoms with E-state index in [0.717, 1.165) is 44.9 Å². The molecule has 1 aromatic rings. The minimum atomic E-state index is -0.0384. The molecule has 3 fully saturated rings. The zero-order valence-corrected chi connectivity index (χ0v) is 17.2. The molecule has 0 N–H and O–H groups in total. The average molecular weight is 406 g/mol. The fourth-order valence-corrected chi connectivity index (χ4v) is 4.48. The summed E-state index contributed by atoms with van der Waals surface area (Å²) >= 11 is 6.02. The van der Waals surface area contributed by atoms with Crippen molar-refractivity contribution in [2.24, 2.45) is 5.92 Å². The topological polar surface area (TPSA) is 53.1 Å².